The van der Waals surface area contributed by atoms with Crippen LogP contribution in [0.15, 0.2) is 53.4 Å². The average molecular weight is 403 g/mol. The van der Waals surface area contributed by atoms with Crippen molar-refractivity contribution in [2.45, 2.75) is 50.7 Å². The molecule has 0 atom stereocenters. The highest BCUT2D eigenvalue weighted by molar-refractivity contribution is 7.89. The first-order valence-corrected chi connectivity index (χ1v) is 11.5. The van der Waals surface area contributed by atoms with Crippen LogP contribution in [-0.4, -0.2) is 39.1 Å². The molecule has 1 aliphatic heterocycles. The lowest BCUT2D eigenvalue weighted by Crippen LogP contribution is -2.32. The summed E-state index contributed by atoms with van der Waals surface area (Å²) < 4.78 is 33.1. The first-order valence-electron chi connectivity index (χ1n) is 9.99. The number of unbranched alkanes of at least 4 members (excludes halogenated alkanes) is 1. The molecule has 0 saturated heterocycles. The van der Waals surface area contributed by atoms with Crippen LogP contribution in [0.3, 0.4) is 0 Å². The minimum atomic E-state index is -3.47. The first kappa shape index (κ1) is 20.8. The molecule has 2 aromatic rings. The summed E-state index contributed by atoms with van der Waals surface area (Å²) in [6.07, 6.45) is 2.96. The molecule has 0 unspecified atom stereocenters. The van der Waals surface area contributed by atoms with Gasteiger partial charge in [-0.3, -0.25) is 4.90 Å². The van der Waals surface area contributed by atoms with Gasteiger partial charge in [-0.15, -0.1) is 0 Å². The van der Waals surface area contributed by atoms with E-state index in [-0.39, 0.29) is 11.0 Å². The summed E-state index contributed by atoms with van der Waals surface area (Å²) in [7, 11) is -3.47. The minimum Gasteiger partial charge on any atom is -0.491 e. The number of benzene rings is 2. The quantitative estimate of drug-likeness (QED) is 0.651. The fourth-order valence-electron chi connectivity index (χ4n) is 3.46. The fraction of sp³-hybridized carbons (Fsp3) is 0.455. The maximum absolute atomic E-state index is 12.4. The van der Waals surface area contributed by atoms with E-state index >= 15 is 0 Å². The lowest BCUT2D eigenvalue weighted by atomic mass is 10.00. The Kier molecular flexibility index (Phi) is 7.10. The molecule has 0 radical (unpaired) electrons. The minimum absolute atomic E-state index is 0.0639. The molecule has 152 valence electrons. The third kappa shape index (κ3) is 5.80. The predicted molar refractivity (Wildman–Crippen MR) is 112 cm³/mol. The largest absolute Gasteiger partial charge is 0.491 e. The van der Waals surface area contributed by atoms with Crippen LogP contribution in [0.1, 0.15) is 37.8 Å². The van der Waals surface area contributed by atoms with Crippen LogP contribution in [-0.2, 0) is 23.0 Å². The van der Waals surface area contributed by atoms with Crippen LogP contribution in [0.4, 0.5) is 0 Å². The maximum Gasteiger partial charge on any atom is 0.240 e. The second-order valence-electron chi connectivity index (χ2n) is 7.54. The van der Waals surface area contributed by atoms with Crippen molar-refractivity contribution in [1.29, 1.82) is 0 Å². The van der Waals surface area contributed by atoms with Crippen molar-refractivity contribution >= 4 is 10.0 Å². The zero-order chi connectivity index (χ0) is 20.0. The van der Waals surface area contributed by atoms with Crippen LogP contribution in [0, 0.1) is 0 Å². The highest BCUT2D eigenvalue weighted by atomic mass is 32.2. The van der Waals surface area contributed by atoms with Crippen molar-refractivity contribution in [3.63, 3.8) is 0 Å². The molecule has 28 heavy (non-hydrogen) atoms. The summed E-state index contributed by atoms with van der Waals surface area (Å²) in [5.74, 6) is 0.678. The molecule has 2 aromatic carbocycles. The SMILES string of the molecule is CC(C)Oc1ccc(S(=O)(=O)NCCCCN2CCc3ccccc3C2)cc1. The molecular formula is C22H30N2O3S. The smallest absolute Gasteiger partial charge is 0.240 e. The monoisotopic (exact) mass is 402 g/mol. The van der Waals surface area contributed by atoms with Crippen molar-refractivity contribution in [2.24, 2.45) is 0 Å². The van der Waals surface area contributed by atoms with Gasteiger partial charge in [-0.05, 0) is 75.0 Å². The molecule has 6 heteroatoms. The number of rotatable bonds is 9. The van der Waals surface area contributed by atoms with Gasteiger partial charge in [0.2, 0.25) is 10.0 Å². The molecule has 0 bridgehead atoms. The summed E-state index contributed by atoms with van der Waals surface area (Å²) in [6, 6.07) is 15.2. The third-order valence-electron chi connectivity index (χ3n) is 4.91. The molecule has 0 saturated carbocycles. The number of hydrogen-bond donors (Lipinski definition) is 1. The molecule has 0 amide bonds. The van der Waals surface area contributed by atoms with E-state index in [1.54, 1.807) is 24.3 Å². The molecule has 1 aliphatic rings. The highest BCUT2D eigenvalue weighted by Gasteiger charge is 2.16. The van der Waals surface area contributed by atoms with Gasteiger partial charge < -0.3 is 4.74 Å². The van der Waals surface area contributed by atoms with Crippen LogP contribution in [0.2, 0.25) is 0 Å². The molecule has 5 nitrogen and oxygen atoms in total. The van der Waals surface area contributed by atoms with Gasteiger partial charge in [0.15, 0.2) is 0 Å². The number of ether oxygens (including phenoxy) is 1. The molecule has 0 aliphatic carbocycles. The van der Waals surface area contributed by atoms with E-state index in [0.717, 1.165) is 38.9 Å². The summed E-state index contributed by atoms with van der Waals surface area (Å²) in [5.41, 5.74) is 2.87. The van der Waals surface area contributed by atoms with Gasteiger partial charge in [-0.1, -0.05) is 24.3 Å². The van der Waals surface area contributed by atoms with E-state index in [9.17, 15) is 8.42 Å². The third-order valence-corrected chi connectivity index (χ3v) is 6.39. The molecule has 1 N–H and O–H groups in total. The Hall–Kier alpha value is -1.89. The van der Waals surface area contributed by atoms with Gasteiger partial charge in [0.05, 0.1) is 11.0 Å². The number of nitrogens with zero attached hydrogens (tertiary/aromatic N) is 1. The second-order valence-corrected chi connectivity index (χ2v) is 9.30. The normalized spacial score (nSPS) is 14.8. The number of nitrogens with one attached hydrogen (secondary N) is 1. The Morgan fingerprint density at radius 2 is 1.75 bits per heavy atom. The fourth-order valence-corrected chi connectivity index (χ4v) is 4.54. The molecule has 0 fully saturated rings. The zero-order valence-electron chi connectivity index (χ0n) is 16.7. The van der Waals surface area contributed by atoms with Crippen molar-refractivity contribution in [3.05, 3.63) is 59.7 Å². The van der Waals surface area contributed by atoms with E-state index in [4.69, 9.17) is 4.74 Å². The van der Waals surface area contributed by atoms with Gasteiger partial charge in [0, 0.05) is 19.6 Å². The van der Waals surface area contributed by atoms with Crippen molar-refractivity contribution in [2.75, 3.05) is 19.6 Å². The topological polar surface area (TPSA) is 58.6 Å². The molecule has 1 heterocycles. The molecule has 0 spiro atoms. The summed E-state index contributed by atoms with van der Waals surface area (Å²) in [6.45, 7) is 7.40. The summed E-state index contributed by atoms with van der Waals surface area (Å²) >= 11 is 0. The van der Waals surface area contributed by atoms with E-state index in [0.29, 0.717) is 12.3 Å². The Morgan fingerprint density at radius 3 is 2.46 bits per heavy atom. The van der Waals surface area contributed by atoms with Crippen LogP contribution < -0.4 is 9.46 Å². The number of sulfonamides is 1. The second kappa shape index (κ2) is 9.54. The Bertz CT molecular complexity index is 864. The van der Waals surface area contributed by atoms with Crippen LogP contribution in [0.25, 0.3) is 0 Å². The highest BCUT2D eigenvalue weighted by Crippen LogP contribution is 2.19. The average Bonchev–Trinajstić information content (AvgIpc) is 2.67. The number of fused-ring (bicyclic) bond motifs is 1. The maximum atomic E-state index is 12.4. The van der Waals surface area contributed by atoms with Gasteiger partial charge in [0.1, 0.15) is 5.75 Å². The summed E-state index contributed by atoms with van der Waals surface area (Å²) in [5, 5.41) is 0. The number of hydrogen-bond acceptors (Lipinski definition) is 4. The molecule has 0 aromatic heterocycles. The zero-order valence-corrected chi connectivity index (χ0v) is 17.5. The van der Waals surface area contributed by atoms with Crippen molar-refractivity contribution in [3.8, 4) is 5.75 Å². The van der Waals surface area contributed by atoms with E-state index in [1.807, 2.05) is 13.8 Å². The Balaban J connectivity index is 1.40. The van der Waals surface area contributed by atoms with E-state index < -0.39 is 10.0 Å². The first-order chi connectivity index (χ1) is 13.4. The van der Waals surface area contributed by atoms with Gasteiger partial charge in [-0.25, -0.2) is 13.1 Å². The van der Waals surface area contributed by atoms with Crippen LogP contribution in [0.5, 0.6) is 5.75 Å². The summed E-state index contributed by atoms with van der Waals surface area (Å²) in [4.78, 5) is 2.72. The lowest BCUT2D eigenvalue weighted by Gasteiger charge is -2.28. The predicted octanol–water partition coefficient (Wildman–Crippen LogP) is 3.59. The van der Waals surface area contributed by atoms with Crippen LogP contribution >= 0.6 is 0 Å². The van der Waals surface area contributed by atoms with Crippen molar-refractivity contribution in [1.82, 2.24) is 9.62 Å². The molecule has 3 rings (SSSR count). The van der Waals surface area contributed by atoms with Gasteiger partial charge >= 0.3 is 0 Å². The Morgan fingerprint density at radius 1 is 1.04 bits per heavy atom. The standard InChI is InChI=1S/C22H30N2O3S/c1-18(2)27-21-9-11-22(12-10-21)28(25,26)23-14-5-6-15-24-16-13-19-7-3-4-8-20(19)17-24/h3-4,7-12,18,23H,5-6,13-17H2,1-2H3. The van der Waals surface area contributed by atoms with Gasteiger partial charge in [-0.2, -0.15) is 0 Å². The Labute approximate surface area is 168 Å². The van der Waals surface area contributed by atoms with E-state index in [1.165, 1.54) is 11.1 Å². The lowest BCUT2D eigenvalue weighted by molar-refractivity contribution is 0.242. The molecular weight excluding hydrogens is 372 g/mol. The van der Waals surface area contributed by atoms with E-state index in [2.05, 4.69) is 33.9 Å². The van der Waals surface area contributed by atoms with Crippen molar-refractivity contribution < 1.29 is 13.2 Å². The van der Waals surface area contributed by atoms with Gasteiger partial charge in [0.25, 0.3) is 0 Å².